The van der Waals surface area contributed by atoms with Gasteiger partial charge in [0.15, 0.2) is 5.13 Å². The predicted molar refractivity (Wildman–Crippen MR) is 107 cm³/mol. The molecule has 1 fully saturated rings. The Hall–Kier alpha value is -2.16. The maximum Gasteiger partial charge on any atom is 0.263 e. The van der Waals surface area contributed by atoms with Gasteiger partial charge in [-0.05, 0) is 24.1 Å². The van der Waals surface area contributed by atoms with Crippen molar-refractivity contribution in [1.82, 2.24) is 15.2 Å². The smallest absolute Gasteiger partial charge is 0.263 e. The van der Waals surface area contributed by atoms with Gasteiger partial charge in [0.2, 0.25) is 0 Å². The molecule has 1 aliphatic heterocycles. The van der Waals surface area contributed by atoms with Gasteiger partial charge in [0.05, 0.1) is 26.5 Å². The number of anilines is 1. The summed E-state index contributed by atoms with van der Waals surface area (Å²) in [5, 5.41) is 7.02. The van der Waals surface area contributed by atoms with Crippen LogP contribution >= 0.6 is 11.3 Å². The highest BCUT2D eigenvalue weighted by Crippen LogP contribution is 2.18. The molecule has 27 heavy (non-hydrogen) atoms. The zero-order chi connectivity index (χ0) is 18.9. The molecule has 0 aliphatic carbocycles. The van der Waals surface area contributed by atoms with Gasteiger partial charge in [0.1, 0.15) is 10.6 Å². The molecule has 7 nitrogen and oxygen atoms in total. The molecular formula is C19H26N4O3S. The summed E-state index contributed by atoms with van der Waals surface area (Å²) in [5.41, 5.74) is 1.16. The fraction of sp³-hybridized carbons (Fsp3) is 0.474. The molecule has 2 N–H and O–H groups in total. The summed E-state index contributed by atoms with van der Waals surface area (Å²) in [7, 11) is 1.65. The van der Waals surface area contributed by atoms with E-state index in [-0.39, 0.29) is 5.91 Å². The number of benzene rings is 1. The van der Waals surface area contributed by atoms with E-state index in [2.05, 4.69) is 20.5 Å². The molecule has 0 unspecified atom stereocenters. The number of hydrogen-bond donors (Lipinski definition) is 2. The molecule has 146 valence electrons. The second-order valence-corrected chi connectivity index (χ2v) is 7.30. The molecule has 0 bridgehead atoms. The van der Waals surface area contributed by atoms with Crippen molar-refractivity contribution >= 4 is 22.4 Å². The molecule has 1 aliphatic rings. The van der Waals surface area contributed by atoms with Gasteiger partial charge >= 0.3 is 0 Å². The van der Waals surface area contributed by atoms with Crippen LogP contribution in [0.5, 0.6) is 5.75 Å². The number of carbonyl (C=O) groups excluding carboxylic acids is 1. The van der Waals surface area contributed by atoms with E-state index in [4.69, 9.17) is 9.47 Å². The number of amides is 1. The highest BCUT2D eigenvalue weighted by Gasteiger charge is 2.12. The highest BCUT2D eigenvalue weighted by molar-refractivity contribution is 7.17. The second kappa shape index (κ2) is 10.2. The largest absolute Gasteiger partial charge is 0.497 e. The monoisotopic (exact) mass is 390 g/mol. The first kappa shape index (κ1) is 19.6. The van der Waals surface area contributed by atoms with Crippen LogP contribution < -0.4 is 15.4 Å². The van der Waals surface area contributed by atoms with Crippen LogP contribution in [0.3, 0.4) is 0 Å². The normalized spacial score (nSPS) is 14.7. The number of thiazole rings is 1. The standard InChI is InChI=1S/C19H26N4O3S/c1-25-16-4-2-15(3-5-16)6-7-20-18(24)17-14-22-19(27-17)21-8-9-23-10-12-26-13-11-23/h2-5,14H,6-13H2,1H3,(H,20,24)(H,21,22). The van der Waals surface area contributed by atoms with Crippen molar-refractivity contribution in [3.63, 3.8) is 0 Å². The molecule has 1 aromatic heterocycles. The van der Waals surface area contributed by atoms with Crippen molar-refractivity contribution in [2.75, 3.05) is 58.4 Å². The van der Waals surface area contributed by atoms with E-state index in [0.29, 0.717) is 11.4 Å². The lowest BCUT2D eigenvalue weighted by Gasteiger charge is -2.26. The third-order valence-corrected chi connectivity index (χ3v) is 5.35. The molecule has 8 heteroatoms. The Labute approximate surface area is 163 Å². The fourth-order valence-corrected chi connectivity index (χ4v) is 3.56. The molecular weight excluding hydrogens is 364 g/mol. The second-order valence-electron chi connectivity index (χ2n) is 6.26. The van der Waals surface area contributed by atoms with Gasteiger partial charge in [0.25, 0.3) is 5.91 Å². The minimum absolute atomic E-state index is 0.0813. The van der Waals surface area contributed by atoms with Crippen LogP contribution in [0.25, 0.3) is 0 Å². The fourth-order valence-electron chi connectivity index (χ4n) is 2.81. The van der Waals surface area contributed by atoms with Gasteiger partial charge in [-0.2, -0.15) is 0 Å². The highest BCUT2D eigenvalue weighted by atomic mass is 32.1. The summed E-state index contributed by atoms with van der Waals surface area (Å²) in [6.07, 6.45) is 2.41. The first-order valence-electron chi connectivity index (χ1n) is 9.15. The van der Waals surface area contributed by atoms with Crippen molar-refractivity contribution in [1.29, 1.82) is 0 Å². The maximum absolute atomic E-state index is 12.3. The Morgan fingerprint density at radius 1 is 1.26 bits per heavy atom. The third kappa shape index (κ3) is 6.20. The molecule has 0 radical (unpaired) electrons. The minimum atomic E-state index is -0.0813. The van der Waals surface area contributed by atoms with E-state index < -0.39 is 0 Å². The van der Waals surface area contributed by atoms with E-state index in [1.165, 1.54) is 11.3 Å². The first-order chi connectivity index (χ1) is 13.2. The third-order valence-electron chi connectivity index (χ3n) is 4.40. The van der Waals surface area contributed by atoms with Crippen LogP contribution in [-0.4, -0.2) is 68.8 Å². The van der Waals surface area contributed by atoms with Gasteiger partial charge < -0.3 is 20.1 Å². The summed E-state index contributed by atoms with van der Waals surface area (Å²) >= 11 is 1.38. The Morgan fingerprint density at radius 3 is 2.78 bits per heavy atom. The van der Waals surface area contributed by atoms with Crippen molar-refractivity contribution in [3.8, 4) is 5.75 Å². The Balaban J connectivity index is 1.37. The zero-order valence-corrected chi connectivity index (χ0v) is 16.4. The quantitative estimate of drug-likeness (QED) is 0.681. The molecule has 2 aromatic rings. The number of aromatic nitrogens is 1. The number of methoxy groups -OCH3 is 1. The zero-order valence-electron chi connectivity index (χ0n) is 15.6. The minimum Gasteiger partial charge on any atom is -0.497 e. The molecule has 1 aromatic carbocycles. The van der Waals surface area contributed by atoms with Crippen LogP contribution in [0.2, 0.25) is 0 Å². The van der Waals surface area contributed by atoms with Crippen molar-refractivity contribution in [2.24, 2.45) is 0 Å². The summed E-state index contributed by atoms with van der Waals surface area (Å²) in [4.78, 5) is 19.5. The molecule has 3 rings (SSSR count). The SMILES string of the molecule is COc1ccc(CCNC(=O)c2cnc(NCCN3CCOCC3)s2)cc1. The van der Waals surface area contributed by atoms with E-state index in [1.54, 1.807) is 13.3 Å². The number of nitrogens with one attached hydrogen (secondary N) is 2. The average Bonchev–Trinajstić information content (AvgIpc) is 3.18. The number of rotatable bonds is 9. The van der Waals surface area contributed by atoms with E-state index >= 15 is 0 Å². The Kier molecular flexibility index (Phi) is 7.44. The molecule has 2 heterocycles. The van der Waals surface area contributed by atoms with Gasteiger partial charge in [0, 0.05) is 32.7 Å². The molecule has 1 saturated heterocycles. The van der Waals surface area contributed by atoms with Crippen molar-refractivity contribution in [3.05, 3.63) is 40.9 Å². The summed E-state index contributed by atoms with van der Waals surface area (Å²) in [6, 6.07) is 7.87. The number of hydrogen-bond acceptors (Lipinski definition) is 7. The molecule has 1 amide bonds. The van der Waals surface area contributed by atoms with Crippen LogP contribution in [0.15, 0.2) is 30.5 Å². The van der Waals surface area contributed by atoms with Crippen LogP contribution in [0.1, 0.15) is 15.2 Å². The van der Waals surface area contributed by atoms with Crippen LogP contribution in [-0.2, 0) is 11.2 Å². The van der Waals surface area contributed by atoms with E-state index in [0.717, 1.165) is 62.3 Å². The van der Waals surface area contributed by atoms with Gasteiger partial charge in [-0.1, -0.05) is 23.5 Å². The number of carbonyl (C=O) groups is 1. The van der Waals surface area contributed by atoms with Gasteiger partial charge in [-0.25, -0.2) is 4.98 Å². The number of ether oxygens (including phenoxy) is 2. The van der Waals surface area contributed by atoms with Gasteiger partial charge in [-0.3, -0.25) is 9.69 Å². The molecule has 0 spiro atoms. The van der Waals surface area contributed by atoms with E-state index in [9.17, 15) is 4.79 Å². The number of nitrogens with zero attached hydrogens (tertiary/aromatic N) is 2. The maximum atomic E-state index is 12.3. The Bertz CT molecular complexity index is 714. The lowest BCUT2D eigenvalue weighted by Crippen LogP contribution is -2.38. The number of morpholine rings is 1. The van der Waals surface area contributed by atoms with Crippen molar-refractivity contribution in [2.45, 2.75) is 6.42 Å². The summed E-state index contributed by atoms with van der Waals surface area (Å²) in [5.74, 6) is 0.753. The summed E-state index contributed by atoms with van der Waals surface area (Å²) < 4.78 is 10.5. The molecule has 0 atom stereocenters. The topological polar surface area (TPSA) is 75.7 Å². The Morgan fingerprint density at radius 2 is 2.04 bits per heavy atom. The van der Waals surface area contributed by atoms with E-state index in [1.807, 2.05) is 24.3 Å². The van der Waals surface area contributed by atoms with Crippen LogP contribution in [0, 0.1) is 0 Å². The van der Waals surface area contributed by atoms with Crippen molar-refractivity contribution < 1.29 is 14.3 Å². The first-order valence-corrected chi connectivity index (χ1v) is 9.97. The summed E-state index contributed by atoms with van der Waals surface area (Å²) in [6.45, 7) is 5.90. The van der Waals surface area contributed by atoms with Crippen LogP contribution in [0.4, 0.5) is 5.13 Å². The molecule has 0 saturated carbocycles. The average molecular weight is 391 g/mol. The van der Waals surface area contributed by atoms with Gasteiger partial charge in [-0.15, -0.1) is 0 Å². The lowest BCUT2D eigenvalue weighted by molar-refractivity contribution is 0.0398. The lowest BCUT2D eigenvalue weighted by atomic mass is 10.1. The predicted octanol–water partition coefficient (Wildman–Crippen LogP) is 1.87.